The highest BCUT2D eigenvalue weighted by atomic mass is 16.5. The van der Waals surface area contributed by atoms with E-state index in [0.29, 0.717) is 12.3 Å². The Hall–Kier alpha value is -1.91. The van der Waals surface area contributed by atoms with E-state index in [1.165, 1.54) is 12.7 Å². The van der Waals surface area contributed by atoms with Gasteiger partial charge in [0.2, 0.25) is 0 Å². The van der Waals surface area contributed by atoms with Gasteiger partial charge in [-0.2, -0.15) is 0 Å². The Kier molecular flexibility index (Phi) is 9.56. The molecule has 1 aliphatic carbocycles. The topological polar surface area (TPSA) is 55.8 Å². The molecule has 4 nitrogen and oxygen atoms in total. The van der Waals surface area contributed by atoms with Crippen LogP contribution in [0.5, 0.6) is 0 Å². The fraction of sp³-hybridized carbons (Fsp3) is 0.633. The molecule has 1 aromatic carbocycles. The molecule has 3 rings (SSSR count). The zero-order chi connectivity index (χ0) is 24.6. The maximum atomic E-state index is 11.3. The largest absolute Gasteiger partial charge is 0.469 e. The number of hydrogen-bond donors (Lipinski definition) is 1. The minimum Gasteiger partial charge on any atom is -0.469 e. The number of methoxy groups -OCH3 is 1. The van der Waals surface area contributed by atoms with Crippen LogP contribution in [0.2, 0.25) is 0 Å². The monoisotopic (exact) mass is 468 g/mol. The van der Waals surface area contributed by atoms with Crippen LogP contribution in [0.3, 0.4) is 0 Å². The molecule has 0 aromatic heterocycles. The summed E-state index contributed by atoms with van der Waals surface area (Å²) in [6.45, 7) is 7.28. The van der Waals surface area contributed by atoms with E-state index < -0.39 is 6.10 Å². The summed E-state index contributed by atoms with van der Waals surface area (Å²) in [4.78, 5) is 11.3. The van der Waals surface area contributed by atoms with Crippen LogP contribution in [0.25, 0.3) is 0 Å². The second-order valence-electron chi connectivity index (χ2n) is 10.9. The summed E-state index contributed by atoms with van der Waals surface area (Å²) in [7, 11) is 1.44. The summed E-state index contributed by atoms with van der Waals surface area (Å²) in [5.74, 6) is 0.560. The van der Waals surface area contributed by atoms with Crippen LogP contribution >= 0.6 is 0 Å². The average molecular weight is 469 g/mol. The van der Waals surface area contributed by atoms with Crippen molar-refractivity contribution in [1.82, 2.24) is 0 Å². The Balaban J connectivity index is 1.74. The van der Waals surface area contributed by atoms with E-state index in [0.717, 1.165) is 51.6 Å². The molecule has 0 radical (unpaired) electrons. The number of rotatable bonds is 13. The Morgan fingerprint density at radius 3 is 2.74 bits per heavy atom. The molecule has 0 unspecified atom stereocenters. The molecule has 0 spiro atoms. The first kappa shape index (κ1) is 26.7. The van der Waals surface area contributed by atoms with E-state index in [-0.39, 0.29) is 28.8 Å². The molecule has 1 saturated carbocycles. The number of allylic oxidation sites excluding steroid dienone is 2. The number of fused-ring (bicyclic) bond motifs is 2. The van der Waals surface area contributed by atoms with Gasteiger partial charge >= 0.3 is 5.97 Å². The van der Waals surface area contributed by atoms with E-state index in [1.807, 2.05) is 6.08 Å². The van der Waals surface area contributed by atoms with Crippen molar-refractivity contribution in [3.05, 3.63) is 60.2 Å². The Labute approximate surface area is 206 Å². The van der Waals surface area contributed by atoms with Gasteiger partial charge in [0.1, 0.15) is 0 Å². The first-order chi connectivity index (χ1) is 16.3. The second kappa shape index (κ2) is 12.2. The highest BCUT2D eigenvalue weighted by Gasteiger charge is 2.58. The minimum atomic E-state index is -0.458. The van der Waals surface area contributed by atoms with Crippen LogP contribution in [0.15, 0.2) is 54.6 Å². The summed E-state index contributed by atoms with van der Waals surface area (Å²) < 4.78 is 11.0. The van der Waals surface area contributed by atoms with E-state index >= 15 is 0 Å². The second-order valence-corrected chi connectivity index (χ2v) is 10.9. The maximum Gasteiger partial charge on any atom is 0.305 e. The lowest BCUT2D eigenvalue weighted by Gasteiger charge is -2.38. The van der Waals surface area contributed by atoms with Gasteiger partial charge in [-0.05, 0) is 49.0 Å². The SMILES string of the molecule is CCCCC(C)(C)[C@@H](O)C=C[C@@H]1[C@@H](CC=CCCCC(=O)OC)[C@@]2(c3ccccc3)CO[C@@H]1C2. The molecule has 1 saturated heterocycles. The highest BCUT2D eigenvalue weighted by Crippen LogP contribution is 2.57. The van der Waals surface area contributed by atoms with Crippen LogP contribution in [-0.4, -0.2) is 37.0 Å². The third-order valence-corrected chi connectivity index (χ3v) is 8.10. The molecule has 4 heteroatoms. The summed E-state index contributed by atoms with van der Waals surface area (Å²) in [5.41, 5.74) is 1.25. The standard InChI is InChI=1S/C30H44O4/c1-5-6-20-29(2,3)27(31)19-18-24-25(16-12-7-8-13-17-28(32)33-4)30(21-26(24)34-22-30)23-14-10-9-11-15-23/h7,9-12,14-15,18-19,24-27,31H,5-6,8,13,16-17,20-22H2,1-4H3/t24-,25-,26-,27+,30-/m1/s1. The zero-order valence-electron chi connectivity index (χ0n) is 21.5. The summed E-state index contributed by atoms with van der Waals surface area (Å²) >= 11 is 0. The molecule has 34 heavy (non-hydrogen) atoms. The highest BCUT2D eigenvalue weighted by molar-refractivity contribution is 5.69. The first-order valence-corrected chi connectivity index (χ1v) is 13.1. The molecule has 1 aliphatic heterocycles. The molecule has 1 aromatic rings. The lowest BCUT2D eigenvalue weighted by atomic mass is 9.69. The van der Waals surface area contributed by atoms with Gasteiger partial charge in [-0.1, -0.05) is 88.2 Å². The van der Waals surface area contributed by atoms with Crippen LogP contribution in [-0.2, 0) is 19.7 Å². The average Bonchev–Trinajstić information content (AvgIpc) is 3.42. The number of ether oxygens (including phenoxy) is 2. The predicted molar refractivity (Wildman–Crippen MR) is 138 cm³/mol. The fourth-order valence-electron chi connectivity index (χ4n) is 5.79. The maximum absolute atomic E-state index is 11.3. The lowest BCUT2D eigenvalue weighted by molar-refractivity contribution is -0.140. The number of unbranched alkanes of at least 4 members (excludes halogenated alkanes) is 2. The third-order valence-electron chi connectivity index (χ3n) is 8.10. The number of hydrogen-bond acceptors (Lipinski definition) is 4. The number of esters is 1. The van der Waals surface area contributed by atoms with Gasteiger partial charge in [0.15, 0.2) is 0 Å². The molecule has 188 valence electrons. The molecule has 1 heterocycles. The first-order valence-electron chi connectivity index (χ1n) is 13.1. The predicted octanol–water partition coefficient (Wildman–Crippen LogP) is 6.38. The number of aliphatic hydroxyl groups is 1. The number of carbonyl (C=O) groups excluding carboxylic acids is 1. The van der Waals surface area contributed by atoms with Crippen molar-refractivity contribution >= 4 is 5.97 Å². The summed E-state index contributed by atoms with van der Waals surface area (Å²) in [5, 5.41) is 11.0. The van der Waals surface area contributed by atoms with Gasteiger partial charge in [-0.25, -0.2) is 0 Å². The van der Waals surface area contributed by atoms with Gasteiger partial charge in [-0.3, -0.25) is 4.79 Å². The van der Waals surface area contributed by atoms with Gasteiger partial charge in [0, 0.05) is 17.8 Å². The minimum absolute atomic E-state index is 0.0139. The number of aliphatic hydroxyl groups excluding tert-OH is 1. The lowest BCUT2D eigenvalue weighted by Crippen LogP contribution is -2.39. The van der Waals surface area contributed by atoms with Crippen LogP contribution in [0.4, 0.5) is 0 Å². The van der Waals surface area contributed by atoms with Gasteiger partial charge in [0.05, 0.1) is 25.9 Å². The molecule has 0 amide bonds. The molecular weight excluding hydrogens is 424 g/mol. The van der Waals surface area contributed by atoms with E-state index in [2.05, 4.69) is 69.3 Å². The molecule has 2 fully saturated rings. The van der Waals surface area contributed by atoms with E-state index in [4.69, 9.17) is 9.47 Å². The van der Waals surface area contributed by atoms with Crippen molar-refractivity contribution in [2.45, 2.75) is 89.8 Å². The van der Waals surface area contributed by atoms with Crippen LogP contribution in [0.1, 0.15) is 77.7 Å². The van der Waals surface area contributed by atoms with Crippen LogP contribution in [0, 0.1) is 17.3 Å². The smallest absolute Gasteiger partial charge is 0.305 e. The summed E-state index contributed by atoms with van der Waals surface area (Å²) in [6, 6.07) is 10.8. The molecule has 5 atom stereocenters. The molecular formula is C30H44O4. The van der Waals surface area contributed by atoms with Crippen molar-refractivity contribution in [2.75, 3.05) is 13.7 Å². The Bertz CT molecular complexity index is 827. The van der Waals surface area contributed by atoms with Gasteiger partial charge < -0.3 is 14.6 Å². The molecule has 1 N–H and O–H groups in total. The van der Waals surface area contributed by atoms with Crippen molar-refractivity contribution in [3.63, 3.8) is 0 Å². The van der Waals surface area contributed by atoms with E-state index in [9.17, 15) is 9.90 Å². The fourth-order valence-corrected chi connectivity index (χ4v) is 5.79. The van der Waals surface area contributed by atoms with Crippen molar-refractivity contribution in [1.29, 1.82) is 0 Å². The summed E-state index contributed by atoms with van der Waals surface area (Å²) in [6.07, 6.45) is 16.0. The van der Waals surface area contributed by atoms with Crippen molar-refractivity contribution in [2.24, 2.45) is 17.3 Å². The normalized spacial score (nSPS) is 27.6. The van der Waals surface area contributed by atoms with Crippen LogP contribution < -0.4 is 0 Å². The van der Waals surface area contributed by atoms with E-state index in [1.54, 1.807) is 0 Å². The molecule has 2 aliphatic rings. The van der Waals surface area contributed by atoms with Crippen molar-refractivity contribution in [3.8, 4) is 0 Å². The number of carbonyl (C=O) groups is 1. The third kappa shape index (κ3) is 6.20. The van der Waals surface area contributed by atoms with Gasteiger partial charge in [0.25, 0.3) is 0 Å². The quantitative estimate of drug-likeness (QED) is 0.207. The van der Waals surface area contributed by atoms with Gasteiger partial charge in [-0.15, -0.1) is 0 Å². The zero-order valence-corrected chi connectivity index (χ0v) is 21.5. The molecule has 2 bridgehead atoms. The Morgan fingerprint density at radius 1 is 1.26 bits per heavy atom. The van der Waals surface area contributed by atoms with Crippen molar-refractivity contribution < 1.29 is 19.4 Å². The number of benzene rings is 1. The Morgan fingerprint density at radius 2 is 2.03 bits per heavy atom.